The summed E-state index contributed by atoms with van der Waals surface area (Å²) in [5.41, 5.74) is -1.11. The van der Waals surface area contributed by atoms with E-state index >= 15 is 0 Å². The van der Waals surface area contributed by atoms with E-state index in [9.17, 15) is 13.6 Å². The van der Waals surface area contributed by atoms with E-state index in [2.05, 4.69) is 0 Å². The van der Waals surface area contributed by atoms with E-state index in [1.165, 1.54) is 12.1 Å². The summed E-state index contributed by atoms with van der Waals surface area (Å²) in [5, 5.41) is 17.5. The summed E-state index contributed by atoms with van der Waals surface area (Å²) < 4.78 is 25.6. The highest BCUT2D eigenvalue weighted by molar-refractivity contribution is 5.93. The van der Waals surface area contributed by atoms with Crippen LogP contribution in [0.3, 0.4) is 0 Å². The molecule has 0 radical (unpaired) electrons. The molecule has 0 aliphatic heterocycles. The van der Waals surface area contributed by atoms with Crippen molar-refractivity contribution < 1.29 is 18.7 Å². The largest absolute Gasteiger partial charge is 0.478 e. The zero-order valence-corrected chi connectivity index (χ0v) is 8.50. The molecule has 0 saturated carbocycles. The monoisotopic (exact) mass is 225 g/mol. The topological polar surface area (TPSA) is 61.1 Å². The van der Waals surface area contributed by atoms with E-state index in [4.69, 9.17) is 10.4 Å². The van der Waals surface area contributed by atoms with Crippen molar-refractivity contribution in [2.75, 3.05) is 0 Å². The van der Waals surface area contributed by atoms with Gasteiger partial charge in [-0.2, -0.15) is 5.26 Å². The molecule has 0 unspecified atom stereocenters. The summed E-state index contributed by atoms with van der Waals surface area (Å²) in [6, 6.07) is 4.23. The van der Waals surface area contributed by atoms with E-state index < -0.39 is 23.5 Å². The van der Waals surface area contributed by atoms with Crippen LogP contribution in [-0.2, 0) is 6.42 Å². The SMILES string of the molecule is CCc1ccc(C#N)c(C(=O)O)c1C(F)F. The first-order valence-electron chi connectivity index (χ1n) is 4.60. The molecule has 0 heterocycles. The zero-order valence-electron chi connectivity index (χ0n) is 8.50. The van der Waals surface area contributed by atoms with Crippen LogP contribution in [0.5, 0.6) is 0 Å². The third-order valence-electron chi connectivity index (χ3n) is 2.27. The Morgan fingerprint density at radius 1 is 1.56 bits per heavy atom. The fourth-order valence-electron chi connectivity index (χ4n) is 1.54. The number of nitriles is 1. The van der Waals surface area contributed by atoms with Crippen molar-refractivity contribution in [3.63, 3.8) is 0 Å². The molecule has 5 heteroatoms. The number of carboxylic acids is 1. The van der Waals surface area contributed by atoms with Crippen molar-refractivity contribution in [2.45, 2.75) is 19.8 Å². The van der Waals surface area contributed by atoms with Gasteiger partial charge >= 0.3 is 5.97 Å². The number of nitrogens with zero attached hydrogens (tertiary/aromatic N) is 1. The van der Waals surface area contributed by atoms with Crippen molar-refractivity contribution in [1.82, 2.24) is 0 Å². The van der Waals surface area contributed by atoms with Crippen LogP contribution in [0.2, 0.25) is 0 Å². The molecule has 84 valence electrons. The third-order valence-corrected chi connectivity index (χ3v) is 2.27. The third kappa shape index (κ3) is 2.01. The zero-order chi connectivity index (χ0) is 12.3. The first-order valence-corrected chi connectivity index (χ1v) is 4.60. The van der Waals surface area contributed by atoms with E-state index in [0.717, 1.165) is 0 Å². The number of alkyl halides is 2. The summed E-state index contributed by atoms with van der Waals surface area (Å²) in [5.74, 6) is -1.50. The lowest BCUT2D eigenvalue weighted by molar-refractivity contribution is 0.0683. The van der Waals surface area contributed by atoms with Crippen LogP contribution in [0, 0.1) is 11.3 Å². The van der Waals surface area contributed by atoms with E-state index in [-0.39, 0.29) is 11.1 Å². The summed E-state index contributed by atoms with van der Waals surface area (Å²) in [4.78, 5) is 10.9. The van der Waals surface area contributed by atoms with Gasteiger partial charge in [0.2, 0.25) is 0 Å². The lowest BCUT2D eigenvalue weighted by atomic mass is 9.95. The Labute approximate surface area is 90.9 Å². The predicted octanol–water partition coefficient (Wildman–Crippen LogP) is 2.76. The molecule has 0 amide bonds. The second-order valence-electron chi connectivity index (χ2n) is 3.13. The number of halogens is 2. The summed E-state index contributed by atoms with van der Waals surface area (Å²) in [6.07, 6.45) is -2.60. The maximum atomic E-state index is 12.8. The Bertz CT molecular complexity index is 464. The molecule has 0 fully saturated rings. The van der Waals surface area contributed by atoms with Crippen LogP contribution in [0.4, 0.5) is 8.78 Å². The number of rotatable bonds is 3. The average Bonchev–Trinajstić information content (AvgIpc) is 2.26. The lowest BCUT2D eigenvalue weighted by Gasteiger charge is -2.11. The number of hydrogen-bond acceptors (Lipinski definition) is 2. The molecule has 0 aromatic heterocycles. The van der Waals surface area contributed by atoms with Gasteiger partial charge < -0.3 is 5.11 Å². The first kappa shape index (κ1) is 12.1. The van der Waals surface area contributed by atoms with Crippen LogP contribution in [0.25, 0.3) is 0 Å². The van der Waals surface area contributed by atoms with Crippen molar-refractivity contribution in [1.29, 1.82) is 5.26 Å². The molecular formula is C11H9F2NO2. The van der Waals surface area contributed by atoms with Gasteiger partial charge in [0.1, 0.15) is 6.07 Å². The second-order valence-corrected chi connectivity index (χ2v) is 3.13. The Morgan fingerprint density at radius 2 is 2.19 bits per heavy atom. The van der Waals surface area contributed by atoms with Crippen LogP contribution in [-0.4, -0.2) is 11.1 Å². The molecule has 1 aromatic carbocycles. The molecule has 0 bridgehead atoms. The summed E-state index contributed by atoms with van der Waals surface area (Å²) in [7, 11) is 0. The Hall–Kier alpha value is -1.96. The average molecular weight is 225 g/mol. The van der Waals surface area contributed by atoms with Gasteiger partial charge in [-0.25, -0.2) is 13.6 Å². The molecule has 1 rings (SSSR count). The van der Waals surface area contributed by atoms with Gasteiger partial charge in [0.15, 0.2) is 0 Å². The molecular weight excluding hydrogens is 216 g/mol. The Balaban J connectivity index is 3.61. The highest BCUT2D eigenvalue weighted by atomic mass is 19.3. The molecule has 3 nitrogen and oxygen atoms in total. The van der Waals surface area contributed by atoms with Gasteiger partial charge in [0, 0.05) is 5.56 Å². The van der Waals surface area contributed by atoms with Gasteiger partial charge in [0.05, 0.1) is 11.1 Å². The van der Waals surface area contributed by atoms with E-state index in [0.29, 0.717) is 6.42 Å². The predicted molar refractivity (Wildman–Crippen MR) is 52.5 cm³/mol. The van der Waals surface area contributed by atoms with E-state index in [1.54, 1.807) is 13.0 Å². The quantitative estimate of drug-likeness (QED) is 0.860. The molecule has 0 aliphatic carbocycles. The maximum absolute atomic E-state index is 12.8. The number of hydrogen-bond donors (Lipinski definition) is 1. The number of aromatic carboxylic acids is 1. The highest BCUT2D eigenvalue weighted by Crippen LogP contribution is 2.29. The Kier molecular flexibility index (Phi) is 3.56. The standard InChI is InChI=1S/C11H9F2NO2/c1-2-6-3-4-7(5-14)9(11(15)16)8(6)10(12)13/h3-4,10H,2H2,1H3,(H,15,16). The van der Waals surface area contributed by atoms with Crippen LogP contribution >= 0.6 is 0 Å². The fraction of sp³-hybridized carbons (Fsp3) is 0.273. The summed E-state index contributed by atoms with van der Waals surface area (Å²) >= 11 is 0. The lowest BCUT2D eigenvalue weighted by Crippen LogP contribution is -2.09. The molecule has 0 saturated heterocycles. The van der Waals surface area contributed by atoms with Crippen LogP contribution in [0.15, 0.2) is 12.1 Å². The number of aryl methyl sites for hydroxylation is 1. The summed E-state index contributed by atoms with van der Waals surface area (Å²) in [6.45, 7) is 1.65. The minimum absolute atomic E-state index is 0.236. The maximum Gasteiger partial charge on any atom is 0.337 e. The smallest absolute Gasteiger partial charge is 0.337 e. The van der Waals surface area contributed by atoms with Gasteiger partial charge in [-0.3, -0.25) is 0 Å². The normalized spacial score (nSPS) is 10.2. The highest BCUT2D eigenvalue weighted by Gasteiger charge is 2.24. The molecule has 0 spiro atoms. The van der Waals surface area contributed by atoms with Gasteiger partial charge in [-0.1, -0.05) is 13.0 Å². The molecule has 0 aliphatic rings. The van der Waals surface area contributed by atoms with E-state index in [1.807, 2.05) is 0 Å². The number of carbonyl (C=O) groups is 1. The van der Waals surface area contributed by atoms with Gasteiger partial charge in [-0.15, -0.1) is 0 Å². The molecule has 0 atom stereocenters. The number of carboxylic acid groups (broad SMARTS) is 1. The minimum atomic E-state index is -2.89. The van der Waals surface area contributed by atoms with Crippen molar-refractivity contribution in [2.24, 2.45) is 0 Å². The van der Waals surface area contributed by atoms with Crippen LogP contribution in [0.1, 0.15) is 40.4 Å². The first-order chi connectivity index (χ1) is 7.52. The minimum Gasteiger partial charge on any atom is -0.478 e. The Morgan fingerprint density at radius 3 is 2.56 bits per heavy atom. The molecule has 1 N–H and O–H groups in total. The molecule has 16 heavy (non-hydrogen) atoms. The van der Waals surface area contributed by atoms with Crippen molar-refractivity contribution >= 4 is 5.97 Å². The van der Waals surface area contributed by atoms with Crippen molar-refractivity contribution in [3.05, 3.63) is 34.4 Å². The van der Waals surface area contributed by atoms with Crippen molar-refractivity contribution in [3.8, 4) is 6.07 Å². The van der Waals surface area contributed by atoms with Gasteiger partial charge in [0.25, 0.3) is 6.43 Å². The van der Waals surface area contributed by atoms with Gasteiger partial charge in [-0.05, 0) is 18.1 Å². The fourth-order valence-corrected chi connectivity index (χ4v) is 1.54. The second kappa shape index (κ2) is 4.71. The van der Waals surface area contributed by atoms with Crippen LogP contribution < -0.4 is 0 Å². The number of benzene rings is 1. The molecule has 1 aromatic rings.